The third-order valence-corrected chi connectivity index (χ3v) is 9.10. The van der Waals surface area contributed by atoms with Crippen molar-refractivity contribution in [3.8, 4) is 0 Å². The lowest BCUT2D eigenvalue weighted by molar-refractivity contribution is -0.168. The van der Waals surface area contributed by atoms with Crippen molar-refractivity contribution in [2.75, 3.05) is 12.0 Å². The minimum Gasteiger partial charge on any atom is -0.459 e. The van der Waals surface area contributed by atoms with E-state index in [1.54, 1.807) is 0 Å². The summed E-state index contributed by atoms with van der Waals surface area (Å²) in [6, 6.07) is 0. The number of hydrogen-bond donors (Lipinski definition) is 1. The Hall–Kier alpha value is -1.29. The van der Waals surface area contributed by atoms with Crippen LogP contribution < -0.4 is 0 Å². The van der Waals surface area contributed by atoms with Crippen LogP contribution in [0.2, 0.25) is 0 Å². The molecule has 1 N–H and O–H groups in total. The van der Waals surface area contributed by atoms with Crippen LogP contribution in [0.5, 0.6) is 0 Å². The quantitative estimate of drug-likeness (QED) is 0.491. The average Bonchev–Trinajstić information content (AvgIpc) is 3.48. The van der Waals surface area contributed by atoms with E-state index in [2.05, 4.69) is 0 Å². The molecule has 0 aromatic carbocycles. The molecule has 0 amide bonds. The van der Waals surface area contributed by atoms with E-state index >= 15 is 0 Å². The number of cyclic esters (lactones) is 1. The first kappa shape index (κ1) is 18.5. The van der Waals surface area contributed by atoms with Gasteiger partial charge >= 0.3 is 11.9 Å². The van der Waals surface area contributed by atoms with Crippen molar-refractivity contribution in [1.29, 1.82) is 0 Å². The fourth-order valence-electron chi connectivity index (χ4n) is 7.20. The van der Waals surface area contributed by atoms with Gasteiger partial charge in [-0.1, -0.05) is 6.92 Å². The normalized spacial score (nSPS) is 56.4. The lowest BCUT2D eigenvalue weighted by Gasteiger charge is -2.53. The van der Waals surface area contributed by atoms with Crippen LogP contribution in [0.15, 0.2) is 11.6 Å². The molecule has 5 fully saturated rings. The van der Waals surface area contributed by atoms with E-state index in [-0.39, 0.29) is 29.8 Å². The summed E-state index contributed by atoms with van der Waals surface area (Å²) < 4.78 is 35.4. The molecule has 0 aromatic rings. The van der Waals surface area contributed by atoms with Gasteiger partial charge in [0.15, 0.2) is 11.7 Å². The number of fused-ring (bicyclic) bond motifs is 4. The van der Waals surface area contributed by atoms with Gasteiger partial charge in [0.25, 0.3) is 0 Å². The molecule has 3 saturated heterocycles. The molecule has 4 heterocycles. The van der Waals surface area contributed by atoms with Gasteiger partial charge in [0.1, 0.15) is 29.3 Å². The summed E-state index contributed by atoms with van der Waals surface area (Å²) in [5.74, 6) is -1.10. The Kier molecular flexibility index (Phi) is 3.16. The molecule has 158 valence electrons. The van der Waals surface area contributed by atoms with Gasteiger partial charge in [0.2, 0.25) is 0 Å². The van der Waals surface area contributed by atoms with Crippen LogP contribution in [-0.2, 0) is 39.3 Å². The zero-order chi connectivity index (χ0) is 20.7. The standard InChI is InChI=1S/C20H24O8S/c1-17-6-8-13(25-8)19(3)12(17)11(27-16(19)22)14-20(28-14)9(17)5-10(21)26-15(20)18(2,23)7-29(4)24/h5,8,11-15,23H,6-7H2,1-4H3/t8-,11-,12+,13-,14+,15+,17+,18+,19+,20-,29-/m0/s1. The number of aliphatic hydroxyl groups is 1. The molecule has 0 unspecified atom stereocenters. The van der Waals surface area contributed by atoms with Crippen molar-refractivity contribution in [1.82, 2.24) is 0 Å². The van der Waals surface area contributed by atoms with Gasteiger partial charge in [-0.25, -0.2) is 4.79 Å². The summed E-state index contributed by atoms with van der Waals surface area (Å²) in [7, 11) is -1.31. The minimum absolute atomic E-state index is 0.0633. The number of rotatable bonds is 3. The Morgan fingerprint density at radius 1 is 1.28 bits per heavy atom. The molecular formula is C20H24O8S. The van der Waals surface area contributed by atoms with Crippen molar-refractivity contribution in [3.05, 3.63) is 11.6 Å². The molecule has 2 aliphatic carbocycles. The molecule has 6 aliphatic rings. The Morgan fingerprint density at radius 2 is 2.00 bits per heavy atom. The molecule has 2 saturated carbocycles. The molecule has 0 bridgehead atoms. The van der Waals surface area contributed by atoms with E-state index in [0.717, 1.165) is 5.57 Å². The summed E-state index contributed by atoms with van der Waals surface area (Å²) in [5, 5.41) is 11.2. The van der Waals surface area contributed by atoms with Crippen LogP contribution in [0.1, 0.15) is 27.2 Å². The number of carbonyl (C=O) groups excluding carboxylic acids is 2. The van der Waals surface area contributed by atoms with Crippen LogP contribution in [0, 0.1) is 16.7 Å². The van der Waals surface area contributed by atoms with E-state index in [1.165, 1.54) is 19.3 Å². The maximum atomic E-state index is 12.9. The molecule has 1 spiro atoms. The second-order valence-corrected chi connectivity index (χ2v) is 11.6. The largest absolute Gasteiger partial charge is 0.459 e. The van der Waals surface area contributed by atoms with Gasteiger partial charge in [-0.15, -0.1) is 0 Å². The van der Waals surface area contributed by atoms with Crippen molar-refractivity contribution in [2.24, 2.45) is 16.7 Å². The molecule has 6 rings (SSSR count). The number of esters is 2. The molecule has 0 radical (unpaired) electrons. The maximum Gasteiger partial charge on any atom is 0.331 e. The van der Waals surface area contributed by atoms with Crippen LogP contribution in [0.3, 0.4) is 0 Å². The van der Waals surface area contributed by atoms with Crippen LogP contribution in [0.25, 0.3) is 0 Å². The van der Waals surface area contributed by atoms with Crippen molar-refractivity contribution >= 4 is 22.7 Å². The highest BCUT2D eigenvalue weighted by molar-refractivity contribution is 7.84. The van der Waals surface area contributed by atoms with Crippen molar-refractivity contribution in [3.63, 3.8) is 0 Å². The summed E-state index contributed by atoms with van der Waals surface area (Å²) >= 11 is 0. The van der Waals surface area contributed by atoms with Crippen molar-refractivity contribution in [2.45, 2.75) is 68.9 Å². The smallest absolute Gasteiger partial charge is 0.331 e. The van der Waals surface area contributed by atoms with Gasteiger partial charge in [0, 0.05) is 34.5 Å². The molecule has 0 aromatic heterocycles. The number of carbonyl (C=O) groups is 2. The summed E-state index contributed by atoms with van der Waals surface area (Å²) in [5.41, 5.74) is -3.24. The zero-order valence-electron chi connectivity index (χ0n) is 16.7. The van der Waals surface area contributed by atoms with Gasteiger partial charge in [-0.05, 0) is 25.8 Å². The predicted molar refractivity (Wildman–Crippen MR) is 98.0 cm³/mol. The molecule has 8 nitrogen and oxygen atoms in total. The maximum absolute atomic E-state index is 12.9. The van der Waals surface area contributed by atoms with Crippen molar-refractivity contribution < 1.29 is 37.9 Å². The third kappa shape index (κ3) is 1.94. The first-order valence-corrected chi connectivity index (χ1v) is 11.7. The second kappa shape index (κ2) is 4.95. The monoisotopic (exact) mass is 424 g/mol. The predicted octanol–water partition coefficient (Wildman–Crippen LogP) is -0.156. The Labute approximate surface area is 170 Å². The van der Waals surface area contributed by atoms with E-state index in [1.807, 2.05) is 13.8 Å². The fraction of sp³-hybridized carbons (Fsp3) is 0.800. The van der Waals surface area contributed by atoms with E-state index < -0.39 is 57.1 Å². The Balaban J connectivity index is 1.52. The molecule has 9 heteroatoms. The molecule has 11 atom stereocenters. The first-order chi connectivity index (χ1) is 13.5. The summed E-state index contributed by atoms with van der Waals surface area (Å²) in [4.78, 5) is 25.5. The van der Waals surface area contributed by atoms with Gasteiger partial charge in [0.05, 0.1) is 11.9 Å². The van der Waals surface area contributed by atoms with E-state index in [9.17, 15) is 18.9 Å². The van der Waals surface area contributed by atoms with Gasteiger partial charge in [-0.3, -0.25) is 9.00 Å². The van der Waals surface area contributed by atoms with Crippen LogP contribution in [-0.4, -0.2) is 75.0 Å². The molecule has 29 heavy (non-hydrogen) atoms. The number of epoxide rings is 2. The fourth-order valence-corrected chi connectivity index (χ4v) is 8.18. The summed E-state index contributed by atoms with van der Waals surface area (Å²) in [6.45, 7) is 5.45. The SMILES string of the molecule is C[S@](=O)C[C@@](C)(O)[C@H]1OC(=O)C=C2[C@@]13O[C@@H]3[C@H]1OC(=O)[C@@]3(C)[C@H]4O[C@H]4C[C@@]2(C)[C@@H]13. The summed E-state index contributed by atoms with van der Waals surface area (Å²) in [6.07, 6.45) is 1.34. The Morgan fingerprint density at radius 3 is 2.69 bits per heavy atom. The Bertz CT molecular complexity index is 927. The topological polar surface area (TPSA) is 115 Å². The lowest BCUT2D eigenvalue weighted by atomic mass is 9.47. The average molecular weight is 424 g/mol. The van der Waals surface area contributed by atoms with Crippen LogP contribution >= 0.6 is 0 Å². The zero-order valence-corrected chi connectivity index (χ0v) is 17.5. The van der Waals surface area contributed by atoms with Gasteiger partial charge < -0.3 is 24.1 Å². The number of ether oxygens (including phenoxy) is 4. The van der Waals surface area contributed by atoms with E-state index in [0.29, 0.717) is 6.42 Å². The highest BCUT2D eigenvalue weighted by Gasteiger charge is 2.87. The van der Waals surface area contributed by atoms with Gasteiger partial charge in [-0.2, -0.15) is 0 Å². The second-order valence-electron chi connectivity index (χ2n) is 10.1. The molecular weight excluding hydrogens is 400 g/mol. The minimum atomic E-state index is -1.56. The highest BCUT2D eigenvalue weighted by Crippen LogP contribution is 2.75. The highest BCUT2D eigenvalue weighted by atomic mass is 32.2. The van der Waals surface area contributed by atoms with Crippen LogP contribution in [0.4, 0.5) is 0 Å². The van der Waals surface area contributed by atoms with E-state index in [4.69, 9.17) is 18.9 Å². The third-order valence-electron chi connectivity index (χ3n) is 8.11. The first-order valence-electron chi connectivity index (χ1n) is 9.96. The molecule has 4 aliphatic heterocycles. The number of hydrogen-bond acceptors (Lipinski definition) is 8. The lowest BCUT2D eigenvalue weighted by Crippen LogP contribution is -2.65.